The number of hydrogen-bond donors (Lipinski definition) is 3. The molecule has 0 aliphatic rings. The molecule has 2 unspecified atom stereocenters. The van der Waals surface area contributed by atoms with Gasteiger partial charge in [-0.1, -0.05) is 217 Å². The van der Waals surface area contributed by atoms with Gasteiger partial charge in [0.2, 0.25) is 11.8 Å². The Morgan fingerprint density at radius 2 is 0.693 bits per heavy atom. The third-order valence-corrected chi connectivity index (χ3v) is 17.0. The second-order valence-electron chi connectivity index (χ2n) is 21.7. The molecule has 0 aromatic heterocycles. The lowest BCUT2D eigenvalue weighted by Crippen LogP contribution is -2.33. The summed E-state index contributed by atoms with van der Waals surface area (Å²) >= 11 is 0. The van der Waals surface area contributed by atoms with Crippen molar-refractivity contribution in [1.82, 2.24) is 20.4 Å². The van der Waals surface area contributed by atoms with Crippen LogP contribution >= 0.6 is 21.6 Å². The zero-order valence-corrected chi connectivity index (χ0v) is 51.5. The molecule has 0 radical (unpaired) electrons. The van der Waals surface area contributed by atoms with Crippen LogP contribution in [0.1, 0.15) is 279 Å². The molecule has 2 amide bonds. The van der Waals surface area contributed by atoms with Crippen molar-refractivity contribution in [1.29, 1.82) is 0 Å². The van der Waals surface area contributed by atoms with Gasteiger partial charge in [0, 0.05) is 57.1 Å². The average molecular weight is 1100 g/mol. The van der Waals surface area contributed by atoms with Crippen molar-refractivity contribution in [3.05, 3.63) is 0 Å². The molecule has 0 aromatic carbocycles. The Kier molecular flexibility index (Phi) is 57.4. The van der Waals surface area contributed by atoms with Gasteiger partial charge in [0.1, 0.15) is 0 Å². The molecule has 0 aliphatic carbocycles. The van der Waals surface area contributed by atoms with Gasteiger partial charge in [-0.05, 0) is 96.8 Å². The molecule has 11 nitrogen and oxygen atoms in total. The fourth-order valence-electron chi connectivity index (χ4n) is 9.68. The SMILES string of the molecule is CCCCCCCCC(CCCCCC)C(=O)OCCCCCCN(CCCC)CCC(=O)NCCSSCCNC(=O)CCN(CCCCO)CCCCCCOC(=O)C(CCCCCC)CCCCCCCC. The molecule has 0 aromatic rings. The topological polar surface area (TPSA) is 138 Å². The van der Waals surface area contributed by atoms with Crippen molar-refractivity contribution >= 4 is 45.3 Å². The van der Waals surface area contributed by atoms with E-state index >= 15 is 0 Å². The molecule has 0 aliphatic heterocycles. The minimum atomic E-state index is 0.0180. The largest absolute Gasteiger partial charge is 0.465 e. The van der Waals surface area contributed by atoms with E-state index in [2.05, 4.69) is 55.1 Å². The molecule has 75 heavy (non-hydrogen) atoms. The minimum Gasteiger partial charge on any atom is -0.465 e. The lowest BCUT2D eigenvalue weighted by Gasteiger charge is -2.22. The van der Waals surface area contributed by atoms with Crippen LogP contribution in [0.2, 0.25) is 0 Å². The van der Waals surface area contributed by atoms with Crippen molar-refractivity contribution < 1.29 is 33.8 Å². The van der Waals surface area contributed by atoms with Crippen LogP contribution in [-0.4, -0.2) is 122 Å². The van der Waals surface area contributed by atoms with Crippen molar-refractivity contribution in [2.24, 2.45) is 11.8 Å². The Morgan fingerprint density at radius 3 is 1.07 bits per heavy atom. The summed E-state index contributed by atoms with van der Waals surface area (Å²) in [5.41, 5.74) is 0. The first-order chi connectivity index (χ1) is 36.8. The quantitative estimate of drug-likeness (QED) is 0.0305. The molecule has 13 heteroatoms. The predicted octanol–water partition coefficient (Wildman–Crippen LogP) is 15.4. The second kappa shape index (κ2) is 58.6. The molecule has 0 fully saturated rings. The summed E-state index contributed by atoms with van der Waals surface area (Å²) in [4.78, 5) is 56.3. The number of aliphatic hydroxyl groups is 1. The van der Waals surface area contributed by atoms with E-state index in [-0.39, 0.29) is 42.2 Å². The summed E-state index contributed by atoms with van der Waals surface area (Å²) in [5.74, 6) is 1.99. The fourth-order valence-corrected chi connectivity index (χ4v) is 11.5. The summed E-state index contributed by atoms with van der Waals surface area (Å²) in [5, 5.41) is 15.5. The molecule has 444 valence electrons. The van der Waals surface area contributed by atoms with Crippen molar-refractivity contribution in [3.8, 4) is 0 Å². The average Bonchev–Trinajstić information content (AvgIpc) is 3.41. The van der Waals surface area contributed by atoms with E-state index in [0.29, 0.717) is 45.7 Å². The van der Waals surface area contributed by atoms with Gasteiger partial charge in [0.25, 0.3) is 0 Å². The van der Waals surface area contributed by atoms with E-state index in [1.807, 2.05) is 0 Å². The summed E-state index contributed by atoms with van der Waals surface area (Å²) < 4.78 is 11.6. The Balaban J connectivity index is 4.30. The third kappa shape index (κ3) is 50.4. The van der Waals surface area contributed by atoms with Gasteiger partial charge in [-0.3, -0.25) is 19.2 Å². The van der Waals surface area contributed by atoms with Gasteiger partial charge in [0.15, 0.2) is 0 Å². The first-order valence-electron chi connectivity index (χ1n) is 31.9. The zero-order valence-electron chi connectivity index (χ0n) is 49.8. The smallest absolute Gasteiger partial charge is 0.308 e. The summed E-state index contributed by atoms with van der Waals surface area (Å²) in [6, 6.07) is 0. The molecule has 0 bridgehead atoms. The molecular weight excluding hydrogens is 977 g/mol. The van der Waals surface area contributed by atoms with Crippen LogP contribution in [-0.2, 0) is 28.7 Å². The summed E-state index contributed by atoms with van der Waals surface area (Å²) in [6.07, 6.45) is 41.6. The predicted molar refractivity (Wildman–Crippen MR) is 324 cm³/mol. The molecule has 0 saturated heterocycles. The number of rotatable bonds is 60. The van der Waals surface area contributed by atoms with E-state index in [4.69, 9.17) is 9.47 Å². The first-order valence-corrected chi connectivity index (χ1v) is 34.4. The van der Waals surface area contributed by atoms with Gasteiger partial charge in [0.05, 0.1) is 25.0 Å². The number of carbonyl (C=O) groups excluding carboxylic acids is 4. The van der Waals surface area contributed by atoms with E-state index in [0.717, 1.165) is 173 Å². The number of carbonyl (C=O) groups is 4. The second-order valence-corrected chi connectivity index (χ2v) is 24.4. The van der Waals surface area contributed by atoms with Crippen LogP contribution in [0.15, 0.2) is 0 Å². The number of unbranched alkanes of at least 4 members (excludes halogenated alkanes) is 24. The third-order valence-electron chi connectivity index (χ3n) is 14.6. The minimum absolute atomic E-state index is 0.0180. The number of esters is 2. The van der Waals surface area contributed by atoms with Gasteiger partial charge in [-0.2, -0.15) is 0 Å². The molecular formula is C62H122N4O7S2. The maximum atomic E-state index is 13.0. The molecule has 0 spiro atoms. The van der Waals surface area contributed by atoms with Crippen molar-refractivity contribution in [2.45, 2.75) is 279 Å². The number of aliphatic hydroxyl groups excluding tert-OH is 1. The maximum Gasteiger partial charge on any atom is 0.308 e. The first kappa shape index (κ1) is 73.5. The van der Waals surface area contributed by atoms with Crippen LogP contribution in [0.4, 0.5) is 0 Å². The summed E-state index contributed by atoms with van der Waals surface area (Å²) in [7, 11) is 3.46. The highest BCUT2D eigenvalue weighted by Gasteiger charge is 2.21. The van der Waals surface area contributed by atoms with E-state index in [1.165, 1.54) is 103 Å². The fraction of sp³-hybridized carbons (Fsp3) is 0.935. The lowest BCUT2D eigenvalue weighted by molar-refractivity contribution is -0.150. The van der Waals surface area contributed by atoms with Crippen molar-refractivity contribution in [2.75, 3.05) is 83.7 Å². The van der Waals surface area contributed by atoms with Gasteiger partial charge >= 0.3 is 11.9 Å². The van der Waals surface area contributed by atoms with Crippen LogP contribution in [0.3, 0.4) is 0 Å². The highest BCUT2D eigenvalue weighted by molar-refractivity contribution is 8.76. The lowest BCUT2D eigenvalue weighted by atomic mass is 9.94. The maximum absolute atomic E-state index is 13.0. The standard InChI is InChI=1S/C62H122N4O7S2/c1-6-11-16-20-22-30-40-57(38-28-18-13-8-3)61(70)72-53-36-26-24-32-47-65(46-15-10-5)50-42-59(68)63-44-55-74-75-56-45-64-60(69)43-51-66(49-34-35-52-67)48-33-25-27-37-54-73-62(71)58(39-29-19-14-9-4)41-31-23-21-17-12-7-2/h57-58,67H,6-56H2,1-5H3,(H,63,68)(H,64,69). The normalized spacial score (nSPS) is 12.4. The Bertz CT molecular complexity index is 1270. The number of hydrogen-bond acceptors (Lipinski definition) is 11. The number of amides is 2. The van der Waals surface area contributed by atoms with Crippen molar-refractivity contribution in [3.63, 3.8) is 0 Å². The highest BCUT2D eigenvalue weighted by Crippen LogP contribution is 2.23. The number of nitrogens with zero attached hydrogens (tertiary/aromatic N) is 2. The highest BCUT2D eigenvalue weighted by atomic mass is 33.1. The van der Waals surface area contributed by atoms with Gasteiger partial charge in [-0.15, -0.1) is 0 Å². The van der Waals surface area contributed by atoms with E-state index in [9.17, 15) is 24.3 Å². The molecule has 0 heterocycles. The number of ether oxygens (including phenoxy) is 2. The molecule has 0 rings (SSSR count). The molecule has 2 atom stereocenters. The van der Waals surface area contributed by atoms with Gasteiger partial charge < -0.3 is 35.0 Å². The summed E-state index contributed by atoms with van der Waals surface area (Å²) in [6.45, 7) is 19.0. The monoisotopic (exact) mass is 1100 g/mol. The molecule has 3 N–H and O–H groups in total. The Labute approximate surface area is 471 Å². The Hall–Kier alpha value is -1.54. The van der Waals surface area contributed by atoms with E-state index < -0.39 is 0 Å². The zero-order chi connectivity index (χ0) is 54.9. The van der Waals surface area contributed by atoms with E-state index in [1.54, 1.807) is 21.6 Å². The molecule has 0 saturated carbocycles. The van der Waals surface area contributed by atoms with Gasteiger partial charge in [-0.25, -0.2) is 0 Å². The van der Waals surface area contributed by atoms with Crippen LogP contribution in [0.25, 0.3) is 0 Å². The van der Waals surface area contributed by atoms with Crippen LogP contribution < -0.4 is 10.6 Å². The van der Waals surface area contributed by atoms with Crippen LogP contribution in [0.5, 0.6) is 0 Å². The number of nitrogens with one attached hydrogen (secondary N) is 2. The van der Waals surface area contributed by atoms with Crippen LogP contribution in [0, 0.1) is 11.8 Å². The Morgan fingerprint density at radius 1 is 0.387 bits per heavy atom.